The minimum absolute atomic E-state index is 0.203. The summed E-state index contributed by atoms with van der Waals surface area (Å²) in [5, 5.41) is 15.6. The minimum Gasteiger partial charge on any atom is -0.389 e. The lowest BCUT2D eigenvalue weighted by Gasteiger charge is -2.21. The molecule has 0 spiro atoms. The maximum absolute atomic E-state index is 12.0. The van der Waals surface area contributed by atoms with Crippen LogP contribution in [-0.2, 0) is 4.74 Å². The van der Waals surface area contributed by atoms with Gasteiger partial charge < -0.3 is 25.4 Å². The van der Waals surface area contributed by atoms with Gasteiger partial charge in [-0.25, -0.2) is 4.79 Å². The Bertz CT molecular complexity index is 436. The van der Waals surface area contributed by atoms with E-state index in [4.69, 9.17) is 4.74 Å². The number of hydrogen-bond donors (Lipinski definition) is 3. The molecule has 0 bridgehead atoms. The van der Waals surface area contributed by atoms with Crippen LogP contribution in [0.2, 0.25) is 0 Å². The van der Waals surface area contributed by atoms with E-state index in [9.17, 15) is 9.90 Å². The average molecular weight is 295 g/mol. The van der Waals surface area contributed by atoms with Crippen LogP contribution in [0, 0.1) is 0 Å². The summed E-state index contributed by atoms with van der Waals surface area (Å²) in [6.07, 6.45) is -0.690. The molecule has 0 saturated heterocycles. The summed E-state index contributed by atoms with van der Waals surface area (Å²) in [5.74, 6) is 0. The lowest BCUT2D eigenvalue weighted by atomic mass is 10.1. The van der Waals surface area contributed by atoms with E-state index in [1.54, 1.807) is 7.05 Å². The Morgan fingerprint density at radius 3 is 2.52 bits per heavy atom. The number of aliphatic hydroxyl groups excluding tert-OH is 1. The fraction of sp³-hybridized carbons (Fsp3) is 0.533. The summed E-state index contributed by atoms with van der Waals surface area (Å²) >= 11 is 0. The van der Waals surface area contributed by atoms with Gasteiger partial charge in [0.15, 0.2) is 0 Å². The van der Waals surface area contributed by atoms with Gasteiger partial charge in [0, 0.05) is 25.9 Å². The van der Waals surface area contributed by atoms with E-state index < -0.39 is 6.10 Å². The van der Waals surface area contributed by atoms with Crippen molar-refractivity contribution in [1.29, 1.82) is 0 Å². The molecule has 2 atom stereocenters. The highest BCUT2D eigenvalue weighted by atomic mass is 16.5. The molecule has 0 radical (unpaired) electrons. The maximum Gasteiger partial charge on any atom is 0.321 e. The molecule has 0 aromatic heterocycles. The maximum atomic E-state index is 12.0. The first-order valence-corrected chi connectivity index (χ1v) is 6.94. The number of aliphatic hydroxyl groups is 1. The average Bonchev–Trinajstić information content (AvgIpc) is 2.47. The second-order valence-electron chi connectivity index (χ2n) is 5.05. The minimum atomic E-state index is -0.690. The van der Waals surface area contributed by atoms with E-state index in [0.29, 0.717) is 0 Å². The van der Waals surface area contributed by atoms with Gasteiger partial charge in [0.05, 0.1) is 19.3 Å². The third-order valence-corrected chi connectivity index (χ3v) is 3.29. The molecule has 0 heterocycles. The van der Waals surface area contributed by atoms with E-state index in [1.807, 2.05) is 31.3 Å². The van der Waals surface area contributed by atoms with Crippen molar-refractivity contribution < 1.29 is 14.6 Å². The fourth-order valence-corrected chi connectivity index (χ4v) is 1.88. The number of carbonyl (C=O) groups is 1. The van der Waals surface area contributed by atoms with E-state index in [0.717, 1.165) is 11.3 Å². The topological polar surface area (TPSA) is 73.8 Å². The summed E-state index contributed by atoms with van der Waals surface area (Å²) in [6.45, 7) is 2.49. The van der Waals surface area contributed by atoms with Gasteiger partial charge in [-0.3, -0.25) is 0 Å². The van der Waals surface area contributed by atoms with Gasteiger partial charge in [-0.05, 0) is 31.7 Å². The number of nitrogens with one attached hydrogen (secondary N) is 2. The van der Waals surface area contributed by atoms with Crippen LogP contribution in [-0.4, -0.2) is 56.5 Å². The van der Waals surface area contributed by atoms with Gasteiger partial charge in [0.2, 0.25) is 0 Å². The number of rotatable bonds is 7. The van der Waals surface area contributed by atoms with Gasteiger partial charge in [-0.2, -0.15) is 0 Å². The number of ether oxygens (including phenoxy) is 1. The van der Waals surface area contributed by atoms with Gasteiger partial charge in [-0.1, -0.05) is 12.1 Å². The van der Waals surface area contributed by atoms with Gasteiger partial charge >= 0.3 is 6.03 Å². The van der Waals surface area contributed by atoms with Crippen LogP contribution in [0.25, 0.3) is 0 Å². The van der Waals surface area contributed by atoms with Crippen LogP contribution >= 0.6 is 0 Å². The van der Waals surface area contributed by atoms with Gasteiger partial charge in [-0.15, -0.1) is 0 Å². The summed E-state index contributed by atoms with van der Waals surface area (Å²) in [4.78, 5) is 13.4. The van der Waals surface area contributed by atoms with Crippen molar-refractivity contribution in [1.82, 2.24) is 10.2 Å². The Hall–Kier alpha value is -1.63. The van der Waals surface area contributed by atoms with Crippen LogP contribution in [0.1, 0.15) is 18.5 Å². The van der Waals surface area contributed by atoms with Gasteiger partial charge in [0.25, 0.3) is 0 Å². The molecule has 0 aliphatic heterocycles. The highest BCUT2D eigenvalue weighted by Crippen LogP contribution is 2.15. The molecule has 3 N–H and O–H groups in total. The molecular weight excluding hydrogens is 270 g/mol. The Morgan fingerprint density at radius 2 is 2.00 bits per heavy atom. The number of carbonyl (C=O) groups excluding carboxylic acids is 1. The number of methoxy groups -OCH3 is 1. The highest BCUT2D eigenvalue weighted by molar-refractivity contribution is 5.89. The Morgan fingerprint density at radius 1 is 1.38 bits per heavy atom. The number of nitrogens with zero attached hydrogens (tertiary/aromatic N) is 1. The second-order valence-corrected chi connectivity index (χ2v) is 5.05. The third-order valence-electron chi connectivity index (χ3n) is 3.29. The Kier molecular flexibility index (Phi) is 7.14. The Labute approximate surface area is 126 Å². The number of anilines is 1. The predicted molar refractivity (Wildman–Crippen MR) is 83.4 cm³/mol. The summed E-state index contributed by atoms with van der Waals surface area (Å²) in [5.41, 5.74) is 1.87. The molecule has 6 heteroatoms. The molecule has 0 aliphatic carbocycles. The SMILES string of the molecule is CNC(C)c1ccc(NC(=O)N(C)CC(O)COC)cc1. The standard InChI is InChI=1S/C15H25N3O3/c1-11(16-2)12-5-7-13(8-6-12)17-15(20)18(3)9-14(19)10-21-4/h5-8,11,14,16,19H,9-10H2,1-4H3,(H,17,20). The molecular formula is C15H25N3O3. The fourth-order valence-electron chi connectivity index (χ4n) is 1.88. The predicted octanol–water partition coefficient (Wildman–Crippen LogP) is 1.44. The number of benzene rings is 1. The monoisotopic (exact) mass is 295 g/mol. The smallest absolute Gasteiger partial charge is 0.321 e. The quantitative estimate of drug-likeness (QED) is 0.711. The molecule has 1 rings (SSSR count). The number of likely N-dealkylation sites (N-methyl/N-ethyl adjacent to an activating group) is 1. The largest absolute Gasteiger partial charge is 0.389 e. The lowest BCUT2D eigenvalue weighted by molar-refractivity contribution is 0.0501. The lowest BCUT2D eigenvalue weighted by Crippen LogP contribution is -2.38. The van der Waals surface area contributed by atoms with E-state index in [2.05, 4.69) is 17.6 Å². The van der Waals surface area contributed by atoms with E-state index >= 15 is 0 Å². The number of amides is 2. The van der Waals surface area contributed by atoms with Crippen molar-refractivity contribution in [3.05, 3.63) is 29.8 Å². The molecule has 0 aliphatic rings. The van der Waals surface area contributed by atoms with Crippen molar-refractivity contribution >= 4 is 11.7 Å². The van der Waals surface area contributed by atoms with Crippen LogP contribution in [0.4, 0.5) is 10.5 Å². The summed E-state index contributed by atoms with van der Waals surface area (Å²) < 4.78 is 4.83. The van der Waals surface area contributed by atoms with Crippen LogP contribution < -0.4 is 10.6 Å². The van der Waals surface area contributed by atoms with Crippen molar-refractivity contribution in [2.75, 3.05) is 39.7 Å². The number of urea groups is 1. The Balaban J connectivity index is 2.54. The van der Waals surface area contributed by atoms with Crippen LogP contribution in [0.15, 0.2) is 24.3 Å². The van der Waals surface area contributed by atoms with Crippen molar-refractivity contribution in [2.24, 2.45) is 0 Å². The zero-order valence-electron chi connectivity index (χ0n) is 13.1. The molecule has 2 unspecified atom stereocenters. The summed E-state index contributed by atoms with van der Waals surface area (Å²) in [7, 11) is 5.04. The highest BCUT2D eigenvalue weighted by Gasteiger charge is 2.13. The zero-order valence-corrected chi connectivity index (χ0v) is 13.1. The molecule has 0 saturated carbocycles. The van der Waals surface area contributed by atoms with E-state index in [-0.39, 0.29) is 25.2 Å². The first-order chi connectivity index (χ1) is 9.97. The van der Waals surface area contributed by atoms with Crippen LogP contribution in [0.5, 0.6) is 0 Å². The third kappa shape index (κ3) is 5.71. The molecule has 2 amide bonds. The number of hydrogen-bond acceptors (Lipinski definition) is 4. The van der Waals surface area contributed by atoms with Crippen molar-refractivity contribution in [3.63, 3.8) is 0 Å². The molecule has 118 valence electrons. The van der Waals surface area contributed by atoms with Gasteiger partial charge in [0.1, 0.15) is 0 Å². The normalized spacial score (nSPS) is 13.6. The molecule has 6 nitrogen and oxygen atoms in total. The second kappa shape index (κ2) is 8.61. The molecule has 21 heavy (non-hydrogen) atoms. The zero-order chi connectivity index (χ0) is 15.8. The van der Waals surface area contributed by atoms with Crippen molar-refractivity contribution in [2.45, 2.75) is 19.1 Å². The molecule has 0 fully saturated rings. The van der Waals surface area contributed by atoms with E-state index in [1.165, 1.54) is 12.0 Å². The summed E-state index contributed by atoms with van der Waals surface area (Å²) in [6, 6.07) is 7.66. The van der Waals surface area contributed by atoms with Crippen LogP contribution in [0.3, 0.4) is 0 Å². The first kappa shape index (κ1) is 17.4. The first-order valence-electron chi connectivity index (χ1n) is 6.94. The molecule has 1 aromatic carbocycles. The van der Waals surface area contributed by atoms with Crippen molar-refractivity contribution in [3.8, 4) is 0 Å². The molecule has 1 aromatic rings.